The number of rotatable bonds is 5. The number of benzene rings is 2. The van der Waals surface area contributed by atoms with Crippen LogP contribution >= 0.6 is 0 Å². The summed E-state index contributed by atoms with van der Waals surface area (Å²) >= 11 is 0. The molecular weight excluding hydrogens is 404 g/mol. The van der Waals surface area contributed by atoms with E-state index in [2.05, 4.69) is 5.32 Å². The zero-order valence-electron chi connectivity index (χ0n) is 17.4. The first-order chi connectivity index (χ1) is 15.6. The first-order valence-electron chi connectivity index (χ1n) is 10.1. The van der Waals surface area contributed by atoms with Crippen molar-refractivity contribution in [2.45, 2.75) is 6.54 Å². The molecule has 0 atom stereocenters. The van der Waals surface area contributed by atoms with E-state index < -0.39 is 0 Å². The number of amides is 1. The largest absolute Gasteiger partial charge is 0.497 e. The number of hydrogen-bond donors (Lipinski definition) is 1. The molecule has 0 fully saturated rings. The second-order valence-electron chi connectivity index (χ2n) is 7.37. The van der Waals surface area contributed by atoms with Crippen molar-refractivity contribution in [3.05, 3.63) is 107 Å². The number of pyridine rings is 1. The van der Waals surface area contributed by atoms with E-state index in [0.29, 0.717) is 40.4 Å². The molecule has 3 aromatic heterocycles. The lowest BCUT2D eigenvalue weighted by Gasteiger charge is -2.11. The lowest BCUT2D eigenvalue weighted by Crippen LogP contribution is -2.18. The van der Waals surface area contributed by atoms with Gasteiger partial charge in [-0.1, -0.05) is 36.4 Å². The van der Waals surface area contributed by atoms with Gasteiger partial charge < -0.3 is 14.6 Å². The quantitative estimate of drug-likeness (QED) is 0.463. The molecule has 5 aromatic rings. The van der Waals surface area contributed by atoms with Gasteiger partial charge in [0, 0.05) is 18.4 Å². The Morgan fingerprint density at radius 3 is 2.50 bits per heavy atom. The summed E-state index contributed by atoms with van der Waals surface area (Å²) in [5.41, 5.74) is 2.78. The number of carbonyl (C=O) groups excluding carboxylic acids is 1. The monoisotopic (exact) mass is 424 g/mol. The standard InChI is InChI=1S/C25H20N4O3/c1-32-19-12-10-18(11-13-19)26-24(30)21-15-20-23(29(21)16-17-7-3-2-4-8-17)27-22-9-5-6-14-28(22)25(20)31/h2-15H,16H2,1H3,(H,26,30). The molecule has 3 heterocycles. The molecule has 158 valence electrons. The van der Waals surface area contributed by atoms with Gasteiger partial charge in [-0.25, -0.2) is 4.98 Å². The van der Waals surface area contributed by atoms with E-state index in [0.717, 1.165) is 5.56 Å². The SMILES string of the molecule is COc1ccc(NC(=O)c2cc3c(=O)n4ccccc4nc3n2Cc2ccccc2)cc1. The Morgan fingerprint density at radius 2 is 1.75 bits per heavy atom. The first-order valence-corrected chi connectivity index (χ1v) is 10.1. The van der Waals surface area contributed by atoms with Crippen LogP contribution in [0.25, 0.3) is 16.7 Å². The zero-order valence-corrected chi connectivity index (χ0v) is 17.4. The van der Waals surface area contributed by atoms with Crippen LogP contribution in [-0.2, 0) is 6.54 Å². The maximum atomic E-state index is 13.3. The van der Waals surface area contributed by atoms with Crippen LogP contribution in [-0.4, -0.2) is 27.0 Å². The molecule has 2 aromatic carbocycles. The number of fused-ring (bicyclic) bond motifs is 2. The highest BCUT2D eigenvalue weighted by molar-refractivity contribution is 6.06. The summed E-state index contributed by atoms with van der Waals surface area (Å²) in [6.07, 6.45) is 1.68. The molecule has 7 heteroatoms. The van der Waals surface area contributed by atoms with Crippen molar-refractivity contribution in [3.63, 3.8) is 0 Å². The van der Waals surface area contributed by atoms with Crippen LogP contribution in [0.15, 0.2) is 89.9 Å². The fraction of sp³-hybridized carbons (Fsp3) is 0.0800. The maximum Gasteiger partial charge on any atom is 0.272 e. The molecule has 0 saturated carbocycles. The molecule has 0 aliphatic rings. The Hall–Kier alpha value is -4.39. The predicted octanol–water partition coefficient (Wildman–Crippen LogP) is 3.96. The highest BCUT2D eigenvalue weighted by Crippen LogP contribution is 2.21. The van der Waals surface area contributed by atoms with Gasteiger partial charge in [-0.05, 0) is 48.0 Å². The Labute approximate surface area is 183 Å². The molecule has 0 radical (unpaired) electrons. The van der Waals surface area contributed by atoms with E-state index in [1.807, 2.05) is 36.4 Å². The van der Waals surface area contributed by atoms with Gasteiger partial charge in [-0.2, -0.15) is 0 Å². The third-order valence-corrected chi connectivity index (χ3v) is 5.34. The average Bonchev–Trinajstić information content (AvgIpc) is 3.19. The van der Waals surface area contributed by atoms with E-state index >= 15 is 0 Å². The summed E-state index contributed by atoms with van der Waals surface area (Å²) in [6, 6.07) is 23.9. The van der Waals surface area contributed by atoms with Crippen molar-refractivity contribution in [3.8, 4) is 5.75 Å². The second-order valence-corrected chi connectivity index (χ2v) is 7.37. The van der Waals surface area contributed by atoms with Crippen molar-refractivity contribution in [1.82, 2.24) is 14.0 Å². The smallest absolute Gasteiger partial charge is 0.272 e. The highest BCUT2D eigenvalue weighted by atomic mass is 16.5. The maximum absolute atomic E-state index is 13.3. The third kappa shape index (κ3) is 3.50. The molecule has 0 aliphatic heterocycles. The number of anilines is 1. The minimum Gasteiger partial charge on any atom is -0.497 e. The molecule has 0 unspecified atom stereocenters. The van der Waals surface area contributed by atoms with Gasteiger partial charge in [0.2, 0.25) is 0 Å². The van der Waals surface area contributed by atoms with Crippen LogP contribution in [0.3, 0.4) is 0 Å². The number of methoxy groups -OCH3 is 1. The average molecular weight is 424 g/mol. The fourth-order valence-corrected chi connectivity index (χ4v) is 3.74. The molecule has 5 rings (SSSR count). The lowest BCUT2D eigenvalue weighted by molar-refractivity contribution is 0.101. The van der Waals surface area contributed by atoms with Gasteiger partial charge in [0.05, 0.1) is 12.5 Å². The summed E-state index contributed by atoms with van der Waals surface area (Å²) in [6.45, 7) is 0.408. The fourth-order valence-electron chi connectivity index (χ4n) is 3.74. The number of ether oxygens (including phenoxy) is 1. The van der Waals surface area contributed by atoms with Crippen LogP contribution in [0.5, 0.6) is 5.75 Å². The van der Waals surface area contributed by atoms with E-state index in [1.54, 1.807) is 60.3 Å². The molecule has 0 saturated heterocycles. The summed E-state index contributed by atoms with van der Waals surface area (Å²) in [7, 11) is 1.59. The molecule has 0 spiro atoms. The minimum absolute atomic E-state index is 0.212. The van der Waals surface area contributed by atoms with Gasteiger partial charge in [0.1, 0.15) is 22.7 Å². The molecule has 1 N–H and O–H groups in total. The summed E-state index contributed by atoms with van der Waals surface area (Å²) in [5, 5.41) is 3.30. The third-order valence-electron chi connectivity index (χ3n) is 5.34. The topological polar surface area (TPSA) is 77.6 Å². The minimum atomic E-state index is -0.322. The number of nitrogens with one attached hydrogen (secondary N) is 1. The van der Waals surface area contributed by atoms with Crippen molar-refractivity contribution in [1.29, 1.82) is 0 Å². The van der Waals surface area contributed by atoms with E-state index in [-0.39, 0.29) is 11.5 Å². The predicted molar refractivity (Wildman–Crippen MR) is 123 cm³/mol. The summed E-state index contributed by atoms with van der Waals surface area (Å²) in [4.78, 5) is 31.1. The number of aromatic nitrogens is 3. The van der Waals surface area contributed by atoms with Gasteiger partial charge in [0.25, 0.3) is 11.5 Å². The van der Waals surface area contributed by atoms with Crippen LogP contribution in [0.4, 0.5) is 5.69 Å². The Morgan fingerprint density at radius 1 is 1.00 bits per heavy atom. The number of hydrogen-bond acceptors (Lipinski definition) is 4. The van der Waals surface area contributed by atoms with E-state index in [9.17, 15) is 9.59 Å². The summed E-state index contributed by atoms with van der Waals surface area (Å²) < 4.78 is 8.45. The lowest BCUT2D eigenvalue weighted by atomic mass is 10.2. The molecule has 32 heavy (non-hydrogen) atoms. The van der Waals surface area contributed by atoms with Crippen molar-refractivity contribution < 1.29 is 9.53 Å². The Bertz CT molecular complexity index is 1490. The summed E-state index contributed by atoms with van der Waals surface area (Å²) in [5.74, 6) is 0.377. The molecule has 0 aliphatic carbocycles. The van der Waals surface area contributed by atoms with Crippen LogP contribution in [0, 0.1) is 0 Å². The van der Waals surface area contributed by atoms with E-state index in [1.165, 1.54) is 4.40 Å². The van der Waals surface area contributed by atoms with Gasteiger partial charge in [0.15, 0.2) is 0 Å². The highest BCUT2D eigenvalue weighted by Gasteiger charge is 2.20. The normalized spacial score (nSPS) is 11.0. The zero-order chi connectivity index (χ0) is 22.1. The van der Waals surface area contributed by atoms with Gasteiger partial charge in [-0.15, -0.1) is 0 Å². The van der Waals surface area contributed by atoms with E-state index in [4.69, 9.17) is 9.72 Å². The van der Waals surface area contributed by atoms with Crippen molar-refractivity contribution >= 4 is 28.3 Å². The Balaban J connectivity index is 1.64. The molecule has 0 bridgehead atoms. The van der Waals surface area contributed by atoms with Gasteiger partial charge in [-0.3, -0.25) is 14.0 Å². The van der Waals surface area contributed by atoms with Crippen LogP contribution in [0.1, 0.15) is 16.1 Å². The first kappa shape index (κ1) is 19.6. The molecule has 7 nitrogen and oxygen atoms in total. The van der Waals surface area contributed by atoms with Crippen molar-refractivity contribution in [2.24, 2.45) is 0 Å². The van der Waals surface area contributed by atoms with Crippen LogP contribution in [0.2, 0.25) is 0 Å². The number of nitrogens with zero attached hydrogens (tertiary/aromatic N) is 3. The Kier molecular flexibility index (Phi) is 4.91. The molecular formula is C25H20N4O3. The van der Waals surface area contributed by atoms with Crippen LogP contribution < -0.4 is 15.6 Å². The van der Waals surface area contributed by atoms with Crippen molar-refractivity contribution in [2.75, 3.05) is 12.4 Å². The molecule has 1 amide bonds. The van der Waals surface area contributed by atoms with Gasteiger partial charge >= 0.3 is 0 Å². The number of carbonyl (C=O) groups is 1. The second kappa shape index (κ2) is 8.03.